The largest absolute Gasteiger partial charge is 0.353 e. The Morgan fingerprint density at radius 1 is 1.25 bits per heavy atom. The Hall–Kier alpha value is -1.40. The van der Waals surface area contributed by atoms with Gasteiger partial charge in [0.15, 0.2) is 0 Å². The summed E-state index contributed by atoms with van der Waals surface area (Å²) in [6.07, 6.45) is 3.16. The molecule has 1 saturated heterocycles. The van der Waals surface area contributed by atoms with Gasteiger partial charge in [0.2, 0.25) is 15.9 Å². The number of rotatable bonds is 6. The summed E-state index contributed by atoms with van der Waals surface area (Å²) < 4.78 is 26.8. The average Bonchev–Trinajstić information content (AvgIpc) is 2.55. The van der Waals surface area contributed by atoms with E-state index in [9.17, 15) is 13.2 Å². The lowest BCUT2D eigenvalue weighted by atomic mass is 9.96. The SMILES string of the molecule is CCC[C@@H](C)NC(=O)C1CCN(S(=O)(=O)c2ccc(C)cc2)CC1. The number of nitrogens with one attached hydrogen (secondary N) is 1. The topological polar surface area (TPSA) is 66.5 Å². The molecule has 134 valence electrons. The van der Waals surface area contributed by atoms with E-state index in [0.29, 0.717) is 30.8 Å². The predicted octanol–water partition coefficient (Wildman–Crippen LogP) is 2.70. The quantitative estimate of drug-likeness (QED) is 0.856. The Bertz CT molecular complexity index is 647. The van der Waals surface area contributed by atoms with E-state index in [0.717, 1.165) is 18.4 Å². The molecule has 1 aliphatic heterocycles. The van der Waals surface area contributed by atoms with Crippen LogP contribution < -0.4 is 5.32 Å². The van der Waals surface area contributed by atoms with E-state index in [-0.39, 0.29) is 17.9 Å². The van der Waals surface area contributed by atoms with E-state index in [4.69, 9.17) is 0 Å². The number of carbonyl (C=O) groups is 1. The summed E-state index contributed by atoms with van der Waals surface area (Å²) in [6.45, 7) is 6.84. The van der Waals surface area contributed by atoms with Gasteiger partial charge in [-0.15, -0.1) is 0 Å². The first-order valence-corrected chi connectivity index (χ1v) is 10.2. The van der Waals surface area contributed by atoms with Gasteiger partial charge < -0.3 is 5.32 Å². The van der Waals surface area contributed by atoms with Crippen LogP contribution in [-0.2, 0) is 14.8 Å². The summed E-state index contributed by atoms with van der Waals surface area (Å²) >= 11 is 0. The van der Waals surface area contributed by atoms with Crippen molar-refractivity contribution in [2.45, 2.75) is 57.4 Å². The van der Waals surface area contributed by atoms with Gasteiger partial charge in [0, 0.05) is 25.0 Å². The van der Waals surface area contributed by atoms with Gasteiger partial charge in [-0.1, -0.05) is 31.0 Å². The normalized spacial score (nSPS) is 18.3. The molecule has 1 amide bonds. The van der Waals surface area contributed by atoms with E-state index in [1.165, 1.54) is 4.31 Å². The fourth-order valence-corrected chi connectivity index (χ4v) is 4.55. The molecule has 0 spiro atoms. The summed E-state index contributed by atoms with van der Waals surface area (Å²) in [7, 11) is -3.46. The zero-order valence-corrected chi connectivity index (χ0v) is 15.6. The van der Waals surface area contributed by atoms with Gasteiger partial charge in [-0.2, -0.15) is 4.31 Å². The molecule has 1 N–H and O–H groups in total. The first-order chi connectivity index (χ1) is 11.3. The summed E-state index contributed by atoms with van der Waals surface area (Å²) in [5.41, 5.74) is 1.03. The summed E-state index contributed by atoms with van der Waals surface area (Å²) in [4.78, 5) is 12.6. The van der Waals surface area contributed by atoms with Gasteiger partial charge >= 0.3 is 0 Å². The Morgan fingerprint density at radius 3 is 2.38 bits per heavy atom. The number of piperidine rings is 1. The zero-order chi connectivity index (χ0) is 17.7. The number of hydrogen-bond donors (Lipinski definition) is 1. The van der Waals surface area contributed by atoms with Crippen molar-refractivity contribution in [1.82, 2.24) is 9.62 Å². The smallest absolute Gasteiger partial charge is 0.243 e. The molecular formula is C18H28N2O3S. The lowest BCUT2D eigenvalue weighted by molar-refractivity contribution is -0.126. The highest BCUT2D eigenvalue weighted by Crippen LogP contribution is 2.24. The van der Waals surface area contributed by atoms with Crippen molar-refractivity contribution in [2.24, 2.45) is 5.92 Å². The van der Waals surface area contributed by atoms with Gasteiger partial charge in [0.05, 0.1) is 4.90 Å². The van der Waals surface area contributed by atoms with Crippen LogP contribution in [0.5, 0.6) is 0 Å². The number of nitrogens with zero attached hydrogens (tertiary/aromatic N) is 1. The number of amides is 1. The maximum Gasteiger partial charge on any atom is 0.243 e. The monoisotopic (exact) mass is 352 g/mol. The van der Waals surface area contributed by atoms with Gasteiger partial charge in [0.25, 0.3) is 0 Å². The minimum atomic E-state index is -3.46. The molecule has 0 saturated carbocycles. The molecule has 0 aromatic heterocycles. The molecule has 1 heterocycles. The second-order valence-electron chi connectivity index (χ2n) is 6.69. The molecule has 0 bridgehead atoms. The van der Waals surface area contributed by atoms with Gasteiger partial charge in [-0.25, -0.2) is 8.42 Å². The molecule has 5 nitrogen and oxygen atoms in total. The molecule has 2 rings (SSSR count). The number of sulfonamides is 1. The third-order valence-electron chi connectivity index (χ3n) is 4.59. The average molecular weight is 353 g/mol. The predicted molar refractivity (Wildman–Crippen MR) is 95.2 cm³/mol. The Morgan fingerprint density at radius 2 is 1.83 bits per heavy atom. The minimum Gasteiger partial charge on any atom is -0.353 e. The van der Waals surface area contributed by atoms with Gasteiger partial charge in [-0.3, -0.25) is 4.79 Å². The molecule has 1 atom stereocenters. The van der Waals surface area contributed by atoms with Crippen molar-refractivity contribution in [3.8, 4) is 0 Å². The molecule has 0 radical (unpaired) electrons. The maximum atomic E-state index is 12.7. The van der Waals surface area contributed by atoms with Gasteiger partial charge in [-0.05, 0) is 45.2 Å². The summed E-state index contributed by atoms with van der Waals surface area (Å²) in [5.74, 6) is -0.0305. The van der Waals surface area contributed by atoms with Crippen LogP contribution in [0.25, 0.3) is 0 Å². The molecule has 1 aromatic carbocycles. The number of aryl methyl sites for hydroxylation is 1. The van der Waals surface area contributed by atoms with Crippen LogP contribution in [0.15, 0.2) is 29.2 Å². The molecule has 24 heavy (non-hydrogen) atoms. The highest BCUT2D eigenvalue weighted by atomic mass is 32.2. The summed E-state index contributed by atoms with van der Waals surface area (Å²) in [6, 6.07) is 7.09. The third kappa shape index (κ3) is 4.57. The second-order valence-corrected chi connectivity index (χ2v) is 8.63. The van der Waals surface area contributed by atoms with Crippen LogP contribution in [-0.4, -0.2) is 37.8 Å². The van der Waals surface area contributed by atoms with Crippen molar-refractivity contribution in [3.63, 3.8) is 0 Å². The highest BCUT2D eigenvalue weighted by Gasteiger charge is 2.32. The zero-order valence-electron chi connectivity index (χ0n) is 14.8. The minimum absolute atomic E-state index is 0.0586. The highest BCUT2D eigenvalue weighted by molar-refractivity contribution is 7.89. The Labute approximate surface area is 145 Å². The molecule has 1 fully saturated rings. The van der Waals surface area contributed by atoms with Gasteiger partial charge in [0.1, 0.15) is 0 Å². The van der Waals surface area contributed by atoms with Crippen LogP contribution in [0.1, 0.15) is 45.1 Å². The van der Waals surface area contributed by atoms with Crippen molar-refractivity contribution in [1.29, 1.82) is 0 Å². The molecule has 0 aliphatic carbocycles. The number of carbonyl (C=O) groups excluding carboxylic acids is 1. The molecule has 0 unspecified atom stereocenters. The first-order valence-electron chi connectivity index (χ1n) is 8.71. The van der Waals surface area contributed by atoms with E-state index in [1.54, 1.807) is 12.1 Å². The van der Waals surface area contributed by atoms with Crippen molar-refractivity contribution < 1.29 is 13.2 Å². The van der Waals surface area contributed by atoms with Crippen LogP contribution in [0, 0.1) is 12.8 Å². The number of benzene rings is 1. The standard InChI is InChI=1S/C18H28N2O3S/c1-4-5-15(3)19-18(21)16-10-12-20(13-11-16)24(22,23)17-8-6-14(2)7-9-17/h6-9,15-16H,4-5,10-13H2,1-3H3,(H,19,21)/t15-/m1/s1. The fourth-order valence-electron chi connectivity index (χ4n) is 3.08. The Balaban J connectivity index is 1.94. The van der Waals surface area contributed by atoms with Crippen molar-refractivity contribution in [2.75, 3.05) is 13.1 Å². The van der Waals surface area contributed by atoms with E-state index in [1.807, 2.05) is 26.0 Å². The molecule has 1 aromatic rings. The molecule has 6 heteroatoms. The lowest BCUT2D eigenvalue weighted by Crippen LogP contribution is -2.44. The molecular weight excluding hydrogens is 324 g/mol. The first kappa shape index (κ1) is 18.9. The lowest BCUT2D eigenvalue weighted by Gasteiger charge is -2.31. The van der Waals surface area contributed by atoms with Crippen molar-refractivity contribution >= 4 is 15.9 Å². The van der Waals surface area contributed by atoms with E-state index in [2.05, 4.69) is 12.2 Å². The number of hydrogen-bond acceptors (Lipinski definition) is 3. The summed E-state index contributed by atoms with van der Waals surface area (Å²) in [5, 5.41) is 3.04. The van der Waals surface area contributed by atoms with E-state index < -0.39 is 10.0 Å². The van der Waals surface area contributed by atoms with Crippen molar-refractivity contribution in [3.05, 3.63) is 29.8 Å². The maximum absolute atomic E-state index is 12.7. The molecule has 1 aliphatic rings. The van der Waals surface area contributed by atoms with Crippen LogP contribution in [0.3, 0.4) is 0 Å². The van der Waals surface area contributed by atoms with Crippen LogP contribution in [0.2, 0.25) is 0 Å². The van der Waals surface area contributed by atoms with Crippen LogP contribution >= 0.6 is 0 Å². The fraction of sp³-hybridized carbons (Fsp3) is 0.611. The van der Waals surface area contributed by atoms with E-state index >= 15 is 0 Å². The Kier molecular flexibility index (Phi) is 6.40. The second kappa shape index (κ2) is 8.12. The third-order valence-corrected chi connectivity index (χ3v) is 6.51. The van der Waals surface area contributed by atoms with Crippen LogP contribution in [0.4, 0.5) is 0 Å².